The quantitative estimate of drug-likeness (QED) is 0.840. The first-order valence-corrected chi connectivity index (χ1v) is 8.20. The standard InChI is InChI=1S/C16H26N2O3/c1-11(2)16(21)9-18(10-16)15(20)13-4-3-7-17(8-13)14(19)12-5-6-12/h11-13,21H,3-10H2,1-2H3. The van der Waals surface area contributed by atoms with Crippen LogP contribution < -0.4 is 0 Å². The van der Waals surface area contributed by atoms with E-state index in [-0.39, 0.29) is 29.6 Å². The second-order valence-corrected chi connectivity index (χ2v) is 7.35. The predicted molar refractivity (Wildman–Crippen MR) is 78.4 cm³/mol. The lowest BCUT2D eigenvalue weighted by Crippen LogP contribution is -2.67. The summed E-state index contributed by atoms with van der Waals surface area (Å²) in [6, 6.07) is 0. The summed E-state index contributed by atoms with van der Waals surface area (Å²) >= 11 is 0. The Bertz CT molecular complexity index is 439. The SMILES string of the molecule is CC(C)C1(O)CN(C(=O)C2CCCN(C(=O)C3CC3)C2)C1. The molecule has 0 aromatic rings. The molecule has 2 heterocycles. The average molecular weight is 294 g/mol. The molecule has 0 radical (unpaired) electrons. The van der Waals surface area contributed by atoms with Crippen molar-refractivity contribution in [2.75, 3.05) is 26.2 Å². The minimum atomic E-state index is -0.714. The Morgan fingerprint density at radius 3 is 2.24 bits per heavy atom. The summed E-state index contributed by atoms with van der Waals surface area (Å²) in [6.45, 7) is 6.23. The predicted octanol–water partition coefficient (Wildman–Crippen LogP) is 0.864. The summed E-state index contributed by atoms with van der Waals surface area (Å²) in [5.41, 5.74) is -0.714. The number of nitrogens with zero attached hydrogens (tertiary/aromatic N) is 2. The van der Waals surface area contributed by atoms with Crippen LogP contribution in [0.2, 0.25) is 0 Å². The molecule has 5 heteroatoms. The van der Waals surface area contributed by atoms with Crippen LogP contribution in [0.25, 0.3) is 0 Å². The zero-order chi connectivity index (χ0) is 15.2. The van der Waals surface area contributed by atoms with Gasteiger partial charge in [0.2, 0.25) is 11.8 Å². The van der Waals surface area contributed by atoms with E-state index in [0.717, 1.165) is 32.2 Å². The highest BCUT2D eigenvalue weighted by molar-refractivity contribution is 5.84. The molecule has 3 fully saturated rings. The molecule has 5 nitrogen and oxygen atoms in total. The maximum Gasteiger partial charge on any atom is 0.227 e. The first-order valence-electron chi connectivity index (χ1n) is 8.20. The summed E-state index contributed by atoms with van der Waals surface area (Å²) in [6.07, 6.45) is 3.81. The molecular formula is C16H26N2O3. The van der Waals surface area contributed by atoms with E-state index in [9.17, 15) is 14.7 Å². The molecule has 2 amide bonds. The lowest BCUT2D eigenvalue weighted by Gasteiger charge is -2.50. The fourth-order valence-electron chi connectivity index (χ4n) is 3.36. The molecule has 1 atom stereocenters. The number of hydrogen-bond acceptors (Lipinski definition) is 3. The van der Waals surface area contributed by atoms with Crippen LogP contribution in [-0.4, -0.2) is 58.5 Å². The number of aliphatic hydroxyl groups is 1. The highest BCUT2D eigenvalue weighted by Gasteiger charge is 2.47. The Hall–Kier alpha value is -1.10. The molecule has 0 aromatic heterocycles. The number of carbonyl (C=O) groups is 2. The number of carbonyl (C=O) groups excluding carboxylic acids is 2. The number of piperidine rings is 1. The molecule has 3 rings (SSSR count). The van der Waals surface area contributed by atoms with Gasteiger partial charge in [0.15, 0.2) is 0 Å². The van der Waals surface area contributed by atoms with E-state index >= 15 is 0 Å². The van der Waals surface area contributed by atoms with E-state index in [1.807, 2.05) is 18.7 Å². The highest BCUT2D eigenvalue weighted by Crippen LogP contribution is 2.34. The fourth-order valence-corrected chi connectivity index (χ4v) is 3.36. The average Bonchev–Trinajstić information content (AvgIpc) is 3.26. The molecule has 0 spiro atoms. The number of likely N-dealkylation sites (tertiary alicyclic amines) is 2. The van der Waals surface area contributed by atoms with Gasteiger partial charge in [0.05, 0.1) is 19.0 Å². The molecule has 1 unspecified atom stereocenters. The van der Waals surface area contributed by atoms with Crippen LogP contribution in [0.3, 0.4) is 0 Å². The third kappa shape index (κ3) is 2.80. The maximum atomic E-state index is 12.5. The van der Waals surface area contributed by atoms with Gasteiger partial charge in [0.1, 0.15) is 5.60 Å². The zero-order valence-corrected chi connectivity index (χ0v) is 13.0. The Morgan fingerprint density at radius 1 is 1.05 bits per heavy atom. The van der Waals surface area contributed by atoms with Crippen LogP contribution in [0.4, 0.5) is 0 Å². The zero-order valence-electron chi connectivity index (χ0n) is 13.0. The molecule has 118 valence electrons. The molecule has 1 N–H and O–H groups in total. The summed E-state index contributed by atoms with van der Waals surface area (Å²) in [7, 11) is 0. The minimum absolute atomic E-state index is 0.0711. The van der Waals surface area contributed by atoms with Crippen LogP contribution >= 0.6 is 0 Å². The molecule has 2 aliphatic heterocycles. The van der Waals surface area contributed by atoms with E-state index in [0.29, 0.717) is 19.6 Å². The largest absolute Gasteiger partial charge is 0.386 e. The summed E-state index contributed by atoms with van der Waals surface area (Å²) < 4.78 is 0. The van der Waals surface area contributed by atoms with Crippen molar-refractivity contribution in [2.24, 2.45) is 17.8 Å². The van der Waals surface area contributed by atoms with Crippen LogP contribution in [0.15, 0.2) is 0 Å². The van der Waals surface area contributed by atoms with Gasteiger partial charge in [-0.2, -0.15) is 0 Å². The summed E-state index contributed by atoms with van der Waals surface area (Å²) in [5, 5.41) is 10.3. The summed E-state index contributed by atoms with van der Waals surface area (Å²) in [5.74, 6) is 0.691. The second-order valence-electron chi connectivity index (χ2n) is 7.35. The third-order valence-electron chi connectivity index (χ3n) is 5.32. The van der Waals surface area contributed by atoms with Gasteiger partial charge in [0.25, 0.3) is 0 Å². The van der Waals surface area contributed by atoms with E-state index in [1.54, 1.807) is 4.90 Å². The molecule has 0 aromatic carbocycles. The van der Waals surface area contributed by atoms with Crippen molar-refractivity contribution in [1.82, 2.24) is 9.80 Å². The summed E-state index contributed by atoms with van der Waals surface area (Å²) in [4.78, 5) is 28.3. The molecule has 21 heavy (non-hydrogen) atoms. The van der Waals surface area contributed by atoms with Gasteiger partial charge in [-0.1, -0.05) is 13.8 Å². The van der Waals surface area contributed by atoms with E-state index in [4.69, 9.17) is 0 Å². The maximum absolute atomic E-state index is 12.5. The van der Waals surface area contributed by atoms with Crippen molar-refractivity contribution in [3.05, 3.63) is 0 Å². The van der Waals surface area contributed by atoms with Gasteiger partial charge in [-0.15, -0.1) is 0 Å². The highest BCUT2D eigenvalue weighted by atomic mass is 16.3. The number of hydrogen-bond donors (Lipinski definition) is 1. The minimum Gasteiger partial charge on any atom is -0.386 e. The van der Waals surface area contributed by atoms with Crippen molar-refractivity contribution in [3.8, 4) is 0 Å². The molecular weight excluding hydrogens is 268 g/mol. The van der Waals surface area contributed by atoms with E-state index in [2.05, 4.69) is 0 Å². The van der Waals surface area contributed by atoms with Crippen LogP contribution in [0.1, 0.15) is 39.5 Å². The van der Waals surface area contributed by atoms with Crippen molar-refractivity contribution in [3.63, 3.8) is 0 Å². The van der Waals surface area contributed by atoms with E-state index < -0.39 is 5.60 Å². The molecule has 0 bridgehead atoms. The Kier molecular flexibility index (Phi) is 3.72. The van der Waals surface area contributed by atoms with Gasteiger partial charge in [-0.3, -0.25) is 9.59 Å². The number of β-amino-alcohol motifs (C(OH)–C–C–N with tert-alkyl or cyclic N) is 1. The lowest BCUT2D eigenvalue weighted by atomic mass is 9.81. The molecule has 1 aliphatic carbocycles. The molecule has 2 saturated heterocycles. The monoisotopic (exact) mass is 294 g/mol. The molecule has 1 saturated carbocycles. The van der Waals surface area contributed by atoms with Gasteiger partial charge >= 0.3 is 0 Å². The first kappa shape index (κ1) is 14.8. The van der Waals surface area contributed by atoms with Crippen molar-refractivity contribution >= 4 is 11.8 Å². The molecule has 3 aliphatic rings. The fraction of sp³-hybridized carbons (Fsp3) is 0.875. The van der Waals surface area contributed by atoms with Gasteiger partial charge < -0.3 is 14.9 Å². The van der Waals surface area contributed by atoms with Crippen LogP contribution in [-0.2, 0) is 9.59 Å². The third-order valence-corrected chi connectivity index (χ3v) is 5.32. The van der Waals surface area contributed by atoms with Gasteiger partial charge in [-0.25, -0.2) is 0 Å². The first-order chi connectivity index (χ1) is 9.90. The van der Waals surface area contributed by atoms with Crippen molar-refractivity contribution in [2.45, 2.75) is 45.1 Å². The Labute approximate surface area is 126 Å². The Balaban J connectivity index is 1.54. The Morgan fingerprint density at radius 2 is 1.67 bits per heavy atom. The van der Waals surface area contributed by atoms with Gasteiger partial charge in [0, 0.05) is 19.0 Å². The topological polar surface area (TPSA) is 60.9 Å². The normalized spacial score (nSPS) is 28.5. The van der Waals surface area contributed by atoms with Crippen LogP contribution in [0, 0.1) is 17.8 Å². The van der Waals surface area contributed by atoms with Crippen molar-refractivity contribution < 1.29 is 14.7 Å². The van der Waals surface area contributed by atoms with E-state index in [1.165, 1.54) is 0 Å². The number of rotatable bonds is 3. The lowest BCUT2D eigenvalue weighted by molar-refractivity contribution is -0.169. The van der Waals surface area contributed by atoms with Gasteiger partial charge in [-0.05, 0) is 31.6 Å². The number of amides is 2. The second kappa shape index (κ2) is 5.27. The van der Waals surface area contributed by atoms with Crippen molar-refractivity contribution in [1.29, 1.82) is 0 Å². The van der Waals surface area contributed by atoms with Crippen LogP contribution in [0.5, 0.6) is 0 Å². The smallest absolute Gasteiger partial charge is 0.227 e.